The van der Waals surface area contributed by atoms with Crippen LogP contribution in [0, 0.1) is 13.8 Å². The summed E-state index contributed by atoms with van der Waals surface area (Å²) in [5.41, 5.74) is 3.95. The summed E-state index contributed by atoms with van der Waals surface area (Å²) in [5.74, 6) is 0.0447. The van der Waals surface area contributed by atoms with Gasteiger partial charge in [-0.05, 0) is 39.3 Å². The van der Waals surface area contributed by atoms with Crippen LogP contribution in [0.4, 0.5) is 0 Å². The molecule has 1 amide bonds. The highest BCUT2D eigenvalue weighted by Gasteiger charge is 2.15. The van der Waals surface area contributed by atoms with Gasteiger partial charge in [0.25, 0.3) is 0 Å². The molecule has 0 spiro atoms. The molecule has 0 fully saturated rings. The summed E-state index contributed by atoms with van der Waals surface area (Å²) in [6, 6.07) is 9.98. The predicted octanol–water partition coefficient (Wildman–Crippen LogP) is 3.11. The van der Waals surface area contributed by atoms with E-state index in [9.17, 15) is 4.79 Å². The Bertz CT molecular complexity index is 656. The number of nitrogens with zero attached hydrogens (tertiary/aromatic N) is 2. The van der Waals surface area contributed by atoms with E-state index in [4.69, 9.17) is 0 Å². The van der Waals surface area contributed by atoms with Crippen LogP contribution in [0.15, 0.2) is 42.5 Å². The lowest BCUT2D eigenvalue weighted by atomic mass is 10.1. The van der Waals surface area contributed by atoms with E-state index in [0.717, 1.165) is 29.1 Å². The third kappa shape index (κ3) is 3.85. The van der Waals surface area contributed by atoms with Crippen molar-refractivity contribution < 1.29 is 4.79 Å². The normalized spacial score (nSPS) is 11.0. The molecule has 2 aromatic rings. The van der Waals surface area contributed by atoms with Crippen molar-refractivity contribution >= 4 is 5.91 Å². The summed E-state index contributed by atoms with van der Waals surface area (Å²) in [5, 5.41) is 7.51. The first-order valence-electron chi connectivity index (χ1n) is 7.62. The zero-order valence-corrected chi connectivity index (χ0v) is 13.5. The van der Waals surface area contributed by atoms with Gasteiger partial charge in [-0.25, -0.2) is 4.68 Å². The summed E-state index contributed by atoms with van der Waals surface area (Å²) in [7, 11) is 0. The summed E-state index contributed by atoms with van der Waals surface area (Å²) in [6.07, 6.45) is 5.28. The van der Waals surface area contributed by atoms with Gasteiger partial charge in [-0.3, -0.25) is 4.79 Å². The third-order valence-electron chi connectivity index (χ3n) is 3.65. The van der Waals surface area contributed by atoms with Gasteiger partial charge in [0.1, 0.15) is 0 Å². The highest BCUT2D eigenvalue weighted by Crippen LogP contribution is 2.18. The molecule has 0 aliphatic rings. The molecular formula is C18H23N3O. The maximum atomic E-state index is 12.1. The average molecular weight is 297 g/mol. The Hall–Kier alpha value is -2.36. The first-order valence-corrected chi connectivity index (χ1v) is 7.62. The second-order valence-corrected chi connectivity index (χ2v) is 5.28. The lowest BCUT2D eigenvalue weighted by Crippen LogP contribution is -2.26. The molecule has 1 aromatic carbocycles. The van der Waals surface area contributed by atoms with E-state index in [2.05, 4.69) is 10.4 Å². The Labute approximate surface area is 131 Å². The van der Waals surface area contributed by atoms with E-state index in [1.165, 1.54) is 0 Å². The van der Waals surface area contributed by atoms with Gasteiger partial charge in [0.05, 0.1) is 17.8 Å². The van der Waals surface area contributed by atoms with Gasteiger partial charge >= 0.3 is 0 Å². The summed E-state index contributed by atoms with van der Waals surface area (Å²) in [4.78, 5) is 12.1. The number of hydrogen-bond donors (Lipinski definition) is 1. The minimum absolute atomic E-state index is 0.0447. The highest BCUT2D eigenvalue weighted by atomic mass is 16.1. The first kappa shape index (κ1) is 16.0. The molecule has 0 saturated carbocycles. The van der Waals surface area contributed by atoms with E-state index < -0.39 is 0 Å². The summed E-state index contributed by atoms with van der Waals surface area (Å²) >= 11 is 0. The van der Waals surface area contributed by atoms with Crippen LogP contribution in [0.25, 0.3) is 5.69 Å². The highest BCUT2D eigenvalue weighted by molar-refractivity contribution is 5.79. The minimum atomic E-state index is 0.0447. The monoisotopic (exact) mass is 297 g/mol. The van der Waals surface area contributed by atoms with E-state index in [0.29, 0.717) is 13.0 Å². The quantitative estimate of drug-likeness (QED) is 0.658. The van der Waals surface area contributed by atoms with Crippen molar-refractivity contribution in [3.63, 3.8) is 0 Å². The van der Waals surface area contributed by atoms with Gasteiger partial charge in [0.15, 0.2) is 0 Å². The zero-order chi connectivity index (χ0) is 15.9. The topological polar surface area (TPSA) is 46.9 Å². The van der Waals surface area contributed by atoms with E-state index in [1.54, 1.807) is 0 Å². The molecule has 0 aliphatic heterocycles. The van der Waals surface area contributed by atoms with Crippen LogP contribution in [0.1, 0.15) is 30.3 Å². The molecule has 1 aromatic heterocycles. The van der Waals surface area contributed by atoms with Crippen molar-refractivity contribution in [2.24, 2.45) is 0 Å². The maximum absolute atomic E-state index is 12.1. The van der Waals surface area contributed by atoms with Crippen LogP contribution >= 0.6 is 0 Å². The fraction of sp³-hybridized carbons (Fsp3) is 0.333. The molecule has 1 N–H and O–H groups in total. The Kier molecular flexibility index (Phi) is 5.53. The fourth-order valence-corrected chi connectivity index (χ4v) is 2.44. The van der Waals surface area contributed by atoms with Crippen LogP contribution in [0.2, 0.25) is 0 Å². The SMILES string of the molecule is C/C=C/CCNC(=O)Cc1c(C)nn(-c2ccccc2)c1C. The van der Waals surface area contributed by atoms with Gasteiger partial charge in [0.2, 0.25) is 5.91 Å². The molecule has 2 rings (SSSR count). The smallest absolute Gasteiger partial charge is 0.224 e. The third-order valence-corrected chi connectivity index (χ3v) is 3.65. The number of carbonyl (C=O) groups excluding carboxylic acids is 1. The number of para-hydroxylation sites is 1. The number of hydrogen-bond acceptors (Lipinski definition) is 2. The Morgan fingerprint density at radius 3 is 2.68 bits per heavy atom. The molecule has 22 heavy (non-hydrogen) atoms. The number of rotatable bonds is 6. The van der Waals surface area contributed by atoms with Crippen molar-refractivity contribution in [3.8, 4) is 5.69 Å². The van der Waals surface area contributed by atoms with Crippen LogP contribution in [0.3, 0.4) is 0 Å². The molecule has 0 unspecified atom stereocenters. The summed E-state index contributed by atoms with van der Waals surface area (Å²) < 4.78 is 1.90. The molecule has 4 heteroatoms. The molecule has 116 valence electrons. The summed E-state index contributed by atoms with van der Waals surface area (Å²) in [6.45, 7) is 6.62. The van der Waals surface area contributed by atoms with Gasteiger partial charge in [-0.1, -0.05) is 30.4 Å². The van der Waals surface area contributed by atoms with Gasteiger partial charge in [0, 0.05) is 17.8 Å². The number of amides is 1. The molecule has 1 heterocycles. The molecule has 0 radical (unpaired) electrons. The van der Waals surface area contributed by atoms with Gasteiger partial charge in [-0.2, -0.15) is 5.10 Å². The molecular weight excluding hydrogens is 274 g/mol. The standard InChI is InChI=1S/C18H23N3O/c1-4-5-9-12-19-18(22)13-17-14(2)20-21(15(17)3)16-10-7-6-8-11-16/h4-8,10-11H,9,12-13H2,1-3H3,(H,19,22)/b5-4+. The van der Waals surface area contributed by atoms with Crippen LogP contribution in [-0.4, -0.2) is 22.2 Å². The first-order chi connectivity index (χ1) is 10.6. The van der Waals surface area contributed by atoms with E-state index in [-0.39, 0.29) is 5.91 Å². The second kappa shape index (κ2) is 7.59. The van der Waals surface area contributed by atoms with Crippen molar-refractivity contribution in [2.45, 2.75) is 33.6 Å². The number of allylic oxidation sites excluding steroid dienone is 1. The van der Waals surface area contributed by atoms with Crippen LogP contribution in [-0.2, 0) is 11.2 Å². The largest absolute Gasteiger partial charge is 0.356 e. The number of aromatic nitrogens is 2. The number of carbonyl (C=O) groups is 1. The Morgan fingerprint density at radius 1 is 1.27 bits per heavy atom. The van der Waals surface area contributed by atoms with E-state index >= 15 is 0 Å². The van der Waals surface area contributed by atoms with Gasteiger partial charge < -0.3 is 5.32 Å². The Balaban J connectivity index is 2.09. The van der Waals surface area contributed by atoms with Crippen LogP contribution in [0.5, 0.6) is 0 Å². The zero-order valence-electron chi connectivity index (χ0n) is 13.5. The molecule has 0 bridgehead atoms. The lowest BCUT2D eigenvalue weighted by Gasteiger charge is -2.06. The van der Waals surface area contributed by atoms with Crippen molar-refractivity contribution in [2.75, 3.05) is 6.54 Å². The van der Waals surface area contributed by atoms with E-state index in [1.807, 2.05) is 67.9 Å². The maximum Gasteiger partial charge on any atom is 0.224 e. The number of nitrogens with one attached hydrogen (secondary N) is 1. The second-order valence-electron chi connectivity index (χ2n) is 5.28. The van der Waals surface area contributed by atoms with Crippen LogP contribution < -0.4 is 5.32 Å². The van der Waals surface area contributed by atoms with Crippen molar-refractivity contribution in [1.29, 1.82) is 0 Å². The predicted molar refractivity (Wildman–Crippen MR) is 89.2 cm³/mol. The minimum Gasteiger partial charge on any atom is -0.356 e. The van der Waals surface area contributed by atoms with Gasteiger partial charge in [-0.15, -0.1) is 0 Å². The Morgan fingerprint density at radius 2 is 2.00 bits per heavy atom. The molecule has 0 aliphatic carbocycles. The molecule has 4 nitrogen and oxygen atoms in total. The number of aryl methyl sites for hydroxylation is 1. The van der Waals surface area contributed by atoms with Crippen molar-refractivity contribution in [3.05, 3.63) is 59.4 Å². The van der Waals surface area contributed by atoms with Crippen molar-refractivity contribution in [1.82, 2.24) is 15.1 Å². The molecule has 0 atom stereocenters. The molecule has 0 saturated heterocycles. The average Bonchev–Trinajstić information content (AvgIpc) is 2.80. The number of benzene rings is 1. The fourth-order valence-electron chi connectivity index (χ4n) is 2.44. The lowest BCUT2D eigenvalue weighted by molar-refractivity contribution is -0.120.